The maximum atomic E-state index is 12.0. The lowest BCUT2D eigenvalue weighted by Crippen LogP contribution is -2.35. The molecule has 0 radical (unpaired) electrons. The molecule has 0 aromatic heterocycles. The van der Waals surface area contributed by atoms with Gasteiger partial charge in [-0.2, -0.15) is 0 Å². The fourth-order valence-corrected chi connectivity index (χ4v) is 2.22. The number of carbonyl (C=O) groups excluding carboxylic acids is 2. The molecule has 0 spiro atoms. The van der Waals surface area contributed by atoms with Crippen molar-refractivity contribution < 1.29 is 9.59 Å². The van der Waals surface area contributed by atoms with E-state index < -0.39 is 0 Å². The average molecular weight is 304 g/mol. The van der Waals surface area contributed by atoms with Gasteiger partial charge in [0, 0.05) is 26.4 Å². The maximum Gasteiger partial charge on any atom is 0.222 e. The SMILES string of the molecule is CC(=O)N(CCC(=O)NC(C)c1ccccc1)CCC(C)C. The van der Waals surface area contributed by atoms with Crippen molar-refractivity contribution in [3.8, 4) is 0 Å². The molecular formula is C18H28N2O2. The molecule has 4 heteroatoms. The minimum atomic E-state index is -0.0212. The average Bonchev–Trinajstić information content (AvgIpc) is 2.47. The Bertz CT molecular complexity index is 471. The zero-order valence-electron chi connectivity index (χ0n) is 14.1. The molecule has 2 amide bonds. The van der Waals surface area contributed by atoms with Crippen molar-refractivity contribution in [2.75, 3.05) is 13.1 Å². The molecule has 0 bridgehead atoms. The van der Waals surface area contributed by atoms with E-state index >= 15 is 0 Å². The van der Waals surface area contributed by atoms with Crippen molar-refractivity contribution in [1.82, 2.24) is 10.2 Å². The fraction of sp³-hybridized carbons (Fsp3) is 0.556. The molecule has 1 unspecified atom stereocenters. The van der Waals surface area contributed by atoms with Gasteiger partial charge in [-0.15, -0.1) is 0 Å². The minimum Gasteiger partial charge on any atom is -0.350 e. The van der Waals surface area contributed by atoms with E-state index in [1.54, 1.807) is 11.8 Å². The Balaban J connectivity index is 2.41. The highest BCUT2D eigenvalue weighted by Gasteiger charge is 2.13. The number of hydrogen-bond donors (Lipinski definition) is 1. The first-order valence-corrected chi connectivity index (χ1v) is 8.00. The largest absolute Gasteiger partial charge is 0.350 e. The van der Waals surface area contributed by atoms with Gasteiger partial charge in [-0.1, -0.05) is 44.2 Å². The van der Waals surface area contributed by atoms with Crippen LogP contribution in [0, 0.1) is 5.92 Å². The molecule has 1 N–H and O–H groups in total. The molecule has 0 aliphatic carbocycles. The van der Waals surface area contributed by atoms with E-state index in [1.807, 2.05) is 37.3 Å². The van der Waals surface area contributed by atoms with E-state index in [4.69, 9.17) is 0 Å². The van der Waals surface area contributed by atoms with Crippen LogP contribution in [0.3, 0.4) is 0 Å². The van der Waals surface area contributed by atoms with Gasteiger partial charge in [0.2, 0.25) is 11.8 Å². The quantitative estimate of drug-likeness (QED) is 0.802. The van der Waals surface area contributed by atoms with Gasteiger partial charge in [-0.05, 0) is 24.8 Å². The zero-order valence-corrected chi connectivity index (χ0v) is 14.1. The van der Waals surface area contributed by atoms with Crippen molar-refractivity contribution in [3.63, 3.8) is 0 Å². The summed E-state index contributed by atoms with van der Waals surface area (Å²) in [6, 6.07) is 9.85. The van der Waals surface area contributed by atoms with E-state index in [1.165, 1.54) is 0 Å². The summed E-state index contributed by atoms with van der Waals surface area (Å²) in [4.78, 5) is 25.4. The van der Waals surface area contributed by atoms with Crippen LogP contribution in [0.25, 0.3) is 0 Å². The van der Waals surface area contributed by atoms with Crippen LogP contribution in [-0.4, -0.2) is 29.8 Å². The molecule has 22 heavy (non-hydrogen) atoms. The monoisotopic (exact) mass is 304 g/mol. The third kappa shape index (κ3) is 6.74. The third-order valence-electron chi connectivity index (χ3n) is 3.71. The number of benzene rings is 1. The molecular weight excluding hydrogens is 276 g/mol. The van der Waals surface area contributed by atoms with Crippen LogP contribution in [-0.2, 0) is 9.59 Å². The van der Waals surface area contributed by atoms with Crippen LogP contribution in [0.1, 0.15) is 52.1 Å². The van der Waals surface area contributed by atoms with Crippen molar-refractivity contribution in [2.45, 2.75) is 46.6 Å². The molecule has 0 fully saturated rings. The second kappa shape index (κ2) is 9.23. The van der Waals surface area contributed by atoms with Gasteiger partial charge in [0.25, 0.3) is 0 Å². The van der Waals surface area contributed by atoms with Crippen molar-refractivity contribution >= 4 is 11.8 Å². The summed E-state index contributed by atoms with van der Waals surface area (Å²) >= 11 is 0. The van der Waals surface area contributed by atoms with E-state index in [2.05, 4.69) is 19.2 Å². The summed E-state index contributed by atoms with van der Waals surface area (Å²) in [6.45, 7) is 8.99. The molecule has 4 nitrogen and oxygen atoms in total. The summed E-state index contributed by atoms with van der Waals surface area (Å²) in [7, 11) is 0. The number of nitrogens with zero attached hydrogens (tertiary/aromatic N) is 1. The summed E-state index contributed by atoms with van der Waals surface area (Å²) in [6.07, 6.45) is 1.30. The fourth-order valence-electron chi connectivity index (χ4n) is 2.22. The third-order valence-corrected chi connectivity index (χ3v) is 3.71. The van der Waals surface area contributed by atoms with Crippen LogP contribution >= 0.6 is 0 Å². The van der Waals surface area contributed by atoms with Crippen molar-refractivity contribution in [2.24, 2.45) is 5.92 Å². The molecule has 122 valence electrons. The first-order valence-electron chi connectivity index (χ1n) is 8.00. The smallest absolute Gasteiger partial charge is 0.222 e. The normalized spacial score (nSPS) is 12.0. The van der Waals surface area contributed by atoms with Gasteiger partial charge >= 0.3 is 0 Å². The molecule has 0 saturated heterocycles. The van der Waals surface area contributed by atoms with Gasteiger partial charge in [-0.3, -0.25) is 9.59 Å². The van der Waals surface area contributed by atoms with E-state index in [9.17, 15) is 9.59 Å². The first-order chi connectivity index (χ1) is 10.4. The molecule has 1 atom stereocenters. The van der Waals surface area contributed by atoms with Gasteiger partial charge in [0.05, 0.1) is 6.04 Å². The standard InChI is InChI=1S/C18H28N2O2/c1-14(2)10-12-20(16(4)21)13-11-18(22)19-15(3)17-8-6-5-7-9-17/h5-9,14-15H,10-13H2,1-4H3,(H,19,22). The topological polar surface area (TPSA) is 49.4 Å². The second-order valence-corrected chi connectivity index (χ2v) is 6.14. The Labute approximate surface area is 133 Å². The van der Waals surface area contributed by atoms with Crippen molar-refractivity contribution in [1.29, 1.82) is 0 Å². The van der Waals surface area contributed by atoms with Gasteiger partial charge in [0.1, 0.15) is 0 Å². The molecule has 1 aromatic carbocycles. The highest BCUT2D eigenvalue weighted by molar-refractivity contribution is 5.78. The maximum absolute atomic E-state index is 12.0. The predicted molar refractivity (Wildman–Crippen MR) is 89.3 cm³/mol. The lowest BCUT2D eigenvalue weighted by Gasteiger charge is -2.22. The lowest BCUT2D eigenvalue weighted by atomic mass is 10.1. The van der Waals surface area contributed by atoms with Crippen molar-refractivity contribution in [3.05, 3.63) is 35.9 Å². The van der Waals surface area contributed by atoms with Crippen LogP contribution < -0.4 is 5.32 Å². The summed E-state index contributed by atoms with van der Waals surface area (Å²) in [5.41, 5.74) is 1.08. The second-order valence-electron chi connectivity index (χ2n) is 6.14. The Kier molecular flexibility index (Phi) is 7.64. The highest BCUT2D eigenvalue weighted by atomic mass is 16.2. The summed E-state index contributed by atoms with van der Waals surface area (Å²) < 4.78 is 0. The molecule has 0 saturated carbocycles. The Hall–Kier alpha value is -1.84. The molecule has 0 aliphatic heterocycles. The highest BCUT2D eigenvalue weighted by Crippen LogP contribution is 2.11. The van der Waals surface area contributed by atoms with Crippen LogP contribution in [0.4, 0.5) is 0 Å². The Morgan fingerprint density at radius 2 is 1.73 bits per heavy atom. The predicted octanol–water partition coefficient (Wildman–Crippen LogP) is 3.15. The number of amides is 2. The van der Waals surface area contributed by atoms with Crippen LogP contribution in [0.2, 0.25) is 0 Å². The summed E-state index contributed by atoms with van der Waals surface area (Å²) in [5.74, 6) is 0.561. The number of rotatable bonds is 8. The number of hydrogen-bond acceptors (Lipinski definition) is 2. The minimum absolute atomic E-state index is 0.0184. The first kappa shape index (κ1) is 18.2. The lowest BCUT2D eigenvalue weighted by molar-refractivity contribution is -0.130. The van der Waals surface area contributed by atoms with Crippen LogP contribution in [0.15, 0.2) is 30.3 Å². The van der Waals surface area contributed by atoms with E-state index in [0.29, 0.717) is 25.4 Å². The van der Waals surface area contributed by atoms with Crippen LogP contribution in [0.5, 0.6) is 0 Å². The van der Waals surface area contributed by atoms with Gasteiger partial charge in [-0.25, -0.2) is 0 Å². The molecule has 1 rings (SSSR count). The number of carbonyl (C=O) groups is 2. The zero-order chi connectivity index (χ0) is 16.5. The van der Waals surface area contributed by atoms with Gasteiger partial charge < -0.3 is 10.2 Å². The molecule has 0 aliphatic rings. The Morgan fingerprint density at radius 3 is 2.27 bits per heavy atom. The molecule has 1 aromatic rings. The van der Waals surface area contributed by atoms with E-state index in [0.717, 1.165) is 12.0 Å². The Morgan fingerprint density at radius 1 is 1.09 bits per heavy atom. The van der Waals surface area contributed by atoms with E-state index in [-0.39, 0.29) is 17.9 Å². The molecule has 0 heterocycles. The number of nitrogens with one attached hydrogen (secondary N) is 1. The summed E-state index contributed by atoms with van der Waals surface area (Å²) in [5, 5.41) is 2.98. The van der Waals surface area contributed by atoms with Gasteiger partial charge in [0.15, 0.2) is 0 Å².